The summed E-state index contributed by atoms with van der Waals surface area (Å²) in [4.78, 5) is 12.7. The van der Waals surface area contributed by atoms with E-state index in [9.17, 15) is 9.90 Å². The van der Waals surface area contributed by atoms with Crippen molar-refractivity contribution in [2.24, 2.45) is 0 Å². The highest BCUT2D eigenvalue weighted by atomic mass is 16.3. The molecule has 0 aliphatic heterocycles. The first-order valence-electron chi connectivity index (χ1n) is 8.09. The standard InChI is InChI=1S/C20H17N3O2/c24-19(16-9-5-2-6-10-16)14-22-11-12-23-18(20(22)25)13-17(21-23)15-7-3-1-4-8-15/h1-13,19,24H,14H2/t19-/m0/s1. The van der Waals surface area contributed by atoms with Gasteiger partial charge in [-0.2, -0.15) is 5.10 Å². The summed E-state index contributed by atoms with van der Waals surface area (Å²) in [6.45, 7) is 0.200. The van der Waals surface area contributed by atoms with E-state index in [1.165, 1.54) is 4.57 Å². The van der Waals surface area contributed by atoms with Crippen molar-refractivity contribution in [3.63, 3.8) is 0 Å². The molecule has 0 aliphatic rings. The minimum atomic E-state index is -0.738. The molecule has 2 aromatic heterocycles. The second-order valence-corrected chi connectivity index (χ2v) is 5.91. The van der Waals surface area contributed by atoms with Crippen molar-refractivity contribution in [3.05, 3.63) is 95.0 Å². The molecule has 0 unspecified atom stereocenters. The Morgan fingerprint density at radius 3 is 2.36 bits per heavy atom. The summed E-state index contributed by atoms with van der Waals surface area (Å²) in [5, 5.41) is 14.8. The zero-order chi connectivity index (χ0) is 17.2. The van der Waals surface area contributed by atoms with Crippen molar-refractivity contribution in [2.75, 3.05) is 0 Å². The van der Waals surface area contributed by atoms with Crippen molar-refractivity contribution in [2.45, 2.75) is 12.6 Å². The summed E-state index contributed by atoms with van der Waals surface area (Å²) < 4.78 is 3.10. The fourth-order valence-corrected chi connectivity index (χ4v) is 2.89. The van der Waals surface area contributed by atoms with Gasteiger partial charge in [-0.3, -0.25) is 4.79 Å². The summed E-state index contributed by atoms with van der Waals surface area (Å²) in [5.74, 6) is 0. The number of nitrogens with zero attached hydrogens (tertiary/aromatic N) is 3. The number of hydrogen-bond acceptors (Lipinski definition) is 3. The largest absolute Gasteiger partial charge is 0.387 e. The molecule has 0 fully saturated rings. The van der Waals surface area contributed by atoms with Crippen molar-refractivity contribution in [3.8, 4) is 11.3 Å². The number of aliphatic hydroxyl groups excluding tert-OH is 1. The Hall–Kier alpha value is -3.18. The third-order valence-electron chi connectivity index (χ3n) is 4.23. The summed E-state index contributed by atoms with van der Waals surface area (Å²) in [5.41, 5.74) is 2.81. The third-order valence-corrected chi connectivity index (χ3v) is 4.23. The first kappa shape index (κ1) is 15.4. The van der Waals surface area contributed by atoms with Gasteiger partial charge in [0.25, 0.3) is 5.56 Å². The van der Waals surface area contributed by atoms with E-state index in [1.807, 2.05) is 60.7 Å². The highest BCUT2D eigenvalue weighted by Crippen LogP contribution is 2.18. The Morgan fingerprint density at radius 1 is 0.960 bits per heavy atom. The monoisotopic (exact) mass is 331 g/mol. The van der Waals surface area contributed by atoms with Gasteiger partial charge in [0.15, 0.2) is 0 Å². The molecule has 5 nitrogen and oxygen atoms in total. The fourth-order valence-electron chi connectivity index (χ4n) is 2.89. The van der Waals surface area contributed by atoms with Crippen molar-refractivity contribution in [1.29, 1.82) is 0 Å². The zero-order valence-corrected chi connectivity index (χ0v) is 13.5. The Labute approximate surface area is 144 Å². The van der Waals surface area contributed by atoms with E-state index in [1.54, 1.807) is 23.0 Å². The van der Waals surface area contributed by atoms with Crippen LogP contribution in [0.4, 0.5) is 0 Å². The molecule has 4 rings (SSSR count). The number of fused-ring (bicyclic) bond motifs is 1. The summed E-state index contributed by atoms with van der Waals surface area (Å²) >= 11 is 0. The SMILES string of the molecule is O=c1c2cc(-c3ccccc3)nn2ccn1C[C@H](O)c1ccccc1. The molecule has 25 heavy (non-hydrogen) atoms. The maximum absolute atomic E-state index is 12.7. The fraction of sp³-hybridized carbons (Fsp3) is 0.100. The Kier molecular flexibility index (Phi) is 3.91. The molecule has 0 saturated heterocycles. The molecule has 4 aromatic rings. The minimum Gasteiger partial charge on any atom is -0.387 e. The molecular formula is C20H17N3O2. The van der Waals surface area contributed by atoms with E-state index in [4.69, 9.17) is 0 Å². The van der Waals surface area contributed by atoms with E-state index in [-0.39, 0.29) is 12.1 Å². The number of aromatic nitrogens is 3. The van der Waals surface area contributed by atoms with Gasteiger partial charge in [0.2, 0.25) is 0 Å². The van der Waals surface area contributed by atoms with Gasteiger partial charge in [0, 0.05) is 18.0 Å². The maximum Gasteiger partial charge on any atom is 0.276 e. The second kappa shape index (κ2) is 6.37. The number of hydrogen-bond donors (Lipinski definition) is 1. The number of rotatable bonds is 4. The van der Waals surface area contributed by atoms with Crippen LogP contribution >= 0.6 is 0 Å². The Morgan fingerprint density at radius 2 is 1.64 bits per heavy atom. The van der Waals surface area contributed by atoms with Gasteiger partial charge in [-0.1, -0.05) is 60.7 Å². The molecule has 0 amide bonds. The lowest BCUT2D eigenvalue weighted by atomic mass is 10.1. The topological polar surface area (TPSA) is 59.5 Å². The van der Waals surface area contributed by atoms with E-state index in [0.717, 1.165) is 16.8 Å². The zero-order valence-electron chi connectivity index (χ0n) is 13.5. The molecule has 124 valence electrons. The molecule has 2 heterocycles. The van der Waals surface area contributed by atoms with Crippen LogP contribution in [0.5, 0.6) is 0 Å². The predicted octanol–water partition coefficient (Wildman–Crippen LogP) is 2.90. The normalized spacial score (nSPS) is 12.4. The Bertz CT molecular complexity index is 1050. The van der Waals surface area contributed by atoms with Crippen LogP contribution in [0.3, 0.4) is 0 Å². The van der Waals surface area contributed by atoms with Crippen LogP contribution in [0.15, 0.2) is 83.9 Å². The lowest BCUT2D eigenvalue weighted by Crippen LogP contribution is -2.24. The lowest BCUT2D eigenvalue weighted by Gasteiger charge is -2.13. The highest BCUT2D eigenvalue weighted by Gasteiger charge is 2.12. The van der Waals surface area contributed by atoms with Crippen LogP contribution in [-0.4, -0.2) is 19.3 Å². The van der Waals surface area contributed by atoms with Crippen molar-refractivity contribution >= 4 is 5.52 Å². The second-order valence-electron chi connectivity index (χ2n) is 5.91. The van der Waals surface area contributed by atoms with Gasteiger partial charge in [-0.25, -0.2) is 4.52 Å². The quantitative estimate of drug-likeness (QED) is 0.625. The van der Waals surface area contributed by atoms with E-state index < -0.39 is 6.10 Å². The molecule has 0 bridgehead atoms. The van der Waals surface area contributed by atoms with Crippen LogP contribution in [0, 0.1) is 0 Å². The highest BCUT2D eigenvalue weighted by molar-refractivity contribution is 5.65. The van der Waals surface area contributed by atoms with Gasteiger partial charge < -0.3 is 9.67 Å². The van der Waals surface area contributed by atoms with Crippen LogP contribution < -0.4 is 5.56 Å². The molecule has 0 spiro atoms. The lowest BCUT2D eigenvalue weighted by molar-refractivity contribution is 0.155. The van der Waals surface area contributed by atoms with Crippen LogP contribution in [-0.2, 0) is 6.54 Å². The summed E-state index contributed by atoms with van der Waals surface area (Å²) in [7, 11) is 0. The molecule has 0 aliphatic carbocycles. The molecular weight excluding hydrogens is 314 g/mol. The molecule has 0 saturated carbocycles. The summed E-state index contributed by atoms with van der Waals surface area (Å²) in [6.07, 6.45) is 2.65. The van der Waals surface area contributed by atoms with Gasteiger partial charge in [0.05, 0.1) is 18.3 Å². The van der Waals surface area contributed by atoms with E-state index in [2.05, 4.69) is 5.10 Å². The molecule has 2 aromatic carbocycles. The van der Waals surface area contributed by atoms with Crippen molar-refractivity contribution < 1.29 is 5.11 Å². The molecule has 5 heteroatoms. The van der Waals surface area contributed by atoms with E-state index in [0.29, 0.717) is 5.52 Å². The van der Waals surface area contributed by atoms with Crippen molar-refractivity contribution in [1.82, 2.24) is 14.2 Å². The summed E-state index contributed by atoms with van der Waals surface area (Å²) in [6, 6.07) is 20.8. The first-order valence-corrected chi connectivity index (χ1v) is 8.09. The average Bonchev–Trinajstić information content (AvgIpc) is 3.11. The molecule has 0 radical (unpaired) electrons. The van der Waals surface area contributed by atoms with Crippen LogP contribution in [0.25, 0.3) is 16.8 Å². The van der Waals surface area contributed by atoms with Crippen LogP contribution in [0.2, 0.25) is 0 Å². The average molecular weight is 331 g/mol. The predicted molar refractivity (Wildman–Crippen MR) is 96.3 cm³/mol. The minimum absolute atomic E-state index is 0.174. The van der Waals surface area contributed by atoms with Crippen LogP contribution in [0.1, 0.15) is 11.7 Å². The van der Waals surface area contributed by atoms with Gasteiger partial charge in [-0.15, -0.1) is 0 Å². The maximum atomic E-state index is 12.7. The number of benzene rings is 2. The van der Waals surface area contributed by atoms with Gasteiger partial charge in [-0.05, 0) is 11.6 Å². The number of aliphatic hydroxyl groups is 1. The molecule has 1 atom stereocenters. The first-order chi connectivity index (χ1) is 12.2. The smallest absolute Gasteiger partial charge is 0.276 e. The third kappa shape index (κ3) is 2.97. The Balaban J connectivity index is 1.70. The van der Waals surface area contributed by atoms with E-state index >= 15 is 0 Å². The van der Waals surface area contributed by atoms with Gasteiger partial charge in [0.1, 0.15) is 5.52 Å². The van der Waals surface area contributed by atoms with Gasteiger partial charge >= 0.3 is 0 Å². The molecule has 1 N–H and O–H groups in total.